The van der Waals surface area contributed by atoms with Crippen LogP contribution in [0.1, 0.15) is 5.56 Å². The maximum atomic E-state index is 12.7. The Labute approximate surface area is 105 Å². The summed E-state index contributed by atoms with van der Waals surface area (Å²) in [6.07, 6.45) is -6.44. The summed E-state index contributed by atoms with van der Waals surface area (Å²) in [4.78, 5) is 14.0. The molecule has 2 rings (SSSR count). The van der Waals surface area contributed by atoms with Gasteiger partial charge in [-0.2, -0.15) is 13.2 Å². The van der Waals surface area contributed by atoms with Crippen molar-refractivity contribution < 1.29 is 27.8 Å². The van der Waals surface area contributed by atoms with Crippen LogP contribution in [0.5, 0.6) is 5.75 Å². The number of carboxylic acids is 1. The van der Waals surface area contributed by atoms with E-state index in [4.69, 9.17) is 16.4 Å². The van der Waals surface area contributed by atoms with Crippen LogP contribution >= 0.6 is 0 Å². The summed E-state index contributed by atoms with van der Waals surface area (Å²) in [7, 11) is 0. The predicted octanol–water partition coefficient (Wildman–Crippen LogP) is 3.03. The average Bonchev–Trinajstić information content (AvgIpc) is 2.35. The van der Waals surface area contributed by atoms with Gasteiger partial charge in [0, 0.05) is 5.56 Å². The minimum atomic E-state index is -4.82. The van der Waals surface area contributed by atoms with Gasteiger partial charge >= 0.3 is 12.1 Å². The summed E-state index contributed by atoms with van der Waals surface area (Å²) in [5, 5.41) is 8.82. The van der Waals surface area contributed by atoms with Gasteiger partial charge in [0.1, 0.15) is 5.75 Å². The van der Waals surface area contributed by atoms with Crippen LogP contribution in [0.2, 0.25) is 0 Å². The van der Waals surface area contributed by atoms with Crippen LogP contribution in [0.4, 0.5) is 18.9 Å². The fraction of sp³-hybridized carbons (Fsp3) is 0.167. The molecule has 0 saturated heterocycles. The smallest absolute Gasteiger partial charge is 0.430 e. The maximum absolute atomic E-state index is 12.7. The molecule has 7 heteroatoms. The highest BCUT2D eigenvalue weighted by atomic mass is 19.4. The molecule has 0 spiro atoms. The van der Waals surface area contributed by atoms with E-state index < -0.39 is 23.8 Å². The molecule has 0 aromatic heterocycles. The lowest BCUT2D eigenvalue weighted by atomic mass is 10.0. The molecule has 0 radical (unpaired) electrons. The van der Waals surface area contributed by atoms with E-state index in [0.29, 0.717) is 0 Å². The monoisotopic (exact) mass is 269 g/mol. The fourth-order valence-corrected chi connectivity index (χ4v) is 1.68. The number of aliphatic carboxylic acids is 1. The lowest BCUT2D eigenvalue weighted by molar-refractivity contribution is -0.187. The van der Waals surface area contributed by atoms with Gasteiger partial charge in [-0.1, -0.05) is 6.07 Å². The Bertz CT molecular complexity index is 614. The Hall–Kier alpha value is -2.49. The number of benzene rings is 1. The maximum Gasteiger partial charge on any atom is 0.430 e. The van der Waals surface area contributed by atoms with E-state index in [0.717, 1.165) is 6.08 Å². The third kappa shape index (κ3) is 2.38. The van der Waals surface area contributed by atoms with E-state index in [1.54, 1.807) is 0 Å². The highest BCUT2D eigenvalue weighted by Gasteiger charge is 2.48. The number of carboxylic acid groups (broad SMARTS) is 1. The van der Waals surface area contributed by atoms with Gasteiger partial charge in [-0.05, 0) is 18.2 Å². The van der Waals surface area contributed by atoms with Gasteiger partial charge < -0.3 is 9.84 Å². The number of halogens is 3. The molecule has 0 saturated carbocycles. The van der Waals surface area contributed by atoms with Crippen molar-refractivity contribution in [3.05, 3.63) is 40.8 Å². The average molecular weight is 269 g/mol. The first kappa shape index (κ1) is 13.0. The highest BCUT2D eigenvalue weighted by Crippen LogP contribution is 2.38. The molecule has 98 valence electrons. The van der Waals surface area contributed by atoms with Gasteiger partial charge in [0.2, 0.25) is 6.10 Å². The van der Waals surface area contributed by atoms with Gasteiger partial charge in [-0.3, -0.25) is 0 Å². The van der Waals surface area contributed by atoms with Crippen LogP contribution in [-0.4, -0.2) is 23.4 Å². The minimum Gasteiger partial charge on any atom is -0.478 e. The first-order valence-electron chi connectivity index (χ1n) is 5.02. The Morgan fingerprint density at radius 2 is 2.11 bits per heavy atom. The molecule has 1 heterocycles. The van der Waals surface area contributed by atoms with E-state index in [1.165, 1.54) is 18.2 Å². The van der Waals surface area contributed by atoms with Gasteiger partial charge in [-0.15, -0.1) is 0 Å². The minimum absolute atomic E-state index is 0.0975. The lowest BCUT2D eigenvalue weighted by Crippen LogP contribution is -2.40. The third-order valence-corrected chi connectivity index (χ3v) is 2.51. The van der Waals surface area contributed by atoms with E-state index in [9.17, 15) is 18.0 Å². The van der Waals surface area contributed by atoms with E-state index in [-0.39, 0.29) is 17.0 Å². The second-order valence-corrected chi connectivity index (χ2v) is 3.78. The third-order valence-electron chi connectivity index (χ3n) is 2.51. The quantitative estimate of drug-likeness (QED) is 0.797. The van der Waals surface area contributed by atoms with Crippen LogP contribution in [0.15, 0.2) is 23.8 Å². The topological polar surface area (TPSA) is 50.9 Å². The molecule has 0 fully saturated rings. The Kier molecular flexibility index (Phi) is 2.94. The second-order valence-electron chi connectivity index (χ2n) is 3.78. The molecule has 1 aromatic rings. The van der Waals surface area contributed by atoms with Crippen LogP contribution < -0.4 is 4.74 Å². The van der Waals surface area contributed by atoms with Crippen LogP contribution in [0, 0.1) is 6.57 Å². The number of hydrogen-bond donors (Lipinski definition) is 1. The zero-order chi connectivity index (χ0) is 14.2. The summed E-state index contributed by atoms with van der Waals surface area (Å²) in [6, 6.07) is 3.80. The van der Waals surface area contributed by atoms with Crippen LogP contribution in [-0.2, 0) is 4.79 Å². The van der Waals surface area contributed by atoms with E-state index >= 15 is 0 Å². The van der Waals surface area contributed by atoms with Gasteiger partial charge in [0.25, 0.3) is 0 Å². The molecule has 0 amide bonds. The zero-order valence-electron chi connectivity index (χ0n) is 9.23. The van der Waals surface area contributed by atoms with Crippen molar-refractivity contribution in [2.45, 2.75) is 12.3 Å². The summed E-state index contributed by atoms with van der Waals surface area (Å²) >= 11 is 0. The first-order valence-corrected chi connectivity index (χ1v) is 5.02. The van der Waals surface area contributed by atoms with Gasteiger partial charge in [-0.25, -0.2) is 9.64 Å². The van der Waals surface area contributed by atoms with Crippen molar-refractivity contribution in [2.75, 3.05) is 0 Å². The summed E-state index contributed by atoms with van der Waals surface area (Å²) < 4.78 is 42.8. The molecule has 0 aliphatic carbocycles. The Balaban J connectivity index is 2.55. The number of nitrogens with zero attached hydrogens (tertiary/aromatic N) is 1. The molecular weight excluding hydrogens is 263 g/mol. The van der Waals surface area contributed by atoms with Crippen molar-refractivity contribution in [1.29, 1.82) is 0 Å². The molecule has 19 heavy (non-hydrogen) atoms. The second kappa shape index (κ2) is 4.31. The van der Waals surface area contributed by atoms with Crippen molar-refractivity contribution in [3.8, 4) is 5.75 Å². The number of carbonyl (C=O) groups is 1. The number of fused-ring (bicyclic) bond motifs is 1. The van der Waals surface area contributed by atoms with Crippen LogP contribution in [0.3, 0.4) is 0 Å². The molecule has 1 aliphatic heterocycles. The number of alkyl halides is 3. The molecule has 1 aromatic carbocycles. The van der Waals surface area contributed by atoms with Gasteiger partial charge in [0.15, 0.2) is 5.69 Å². The molecule has 1 unspecified atom stereocenters. The van der Waals surface area contributed by atoms with Crippen molar-refractivity contribution >= 4 is 17.7 Å². The van der Waals surface area contributed by atoms with Crippen molar-refractivity contribution in [3.63, 3.8) is 0 Å². The van der Waals surface area contributed by atoms with Gasteiger partial charge in [0.05, 0.1) is 12.1 Å². The zero-order valence-corrected chi connectivity index (χ0v) is 9.23. The highest BCUT2D eigenvalue weighted by molar-refractivity contribution is 5.95. The van der Waals surface area contributed by atoms with Crippen molar-refractivity contribution in [1.82, 2.24) is 0 Å². The number of ether oxygens (including phenoxy) is 1. The molecule has 1 atom stereocenters. The van der Waals surface area contributed by atoms with E-state index in [2.05, 4.69) is 4.85 Å². The van der Waals surface area contributed by atoms with Crippen molar-refractivity contribution in [2.24, 2.45) is 0 Å². The number of rotatable bonds is 1. The molecule has 1 N–H and O–H groups in total. The van der Waals surface area contributed by atoms with Crippen LogP contribution in [0.25, 0.3) is 10.9 Å². The summed E-state index contributed by atoms with van der Waals surface area (Å²) in [5.41, 5.74) is -0.567. The normalized spacial score (nSPS) is 17.8. The predicted molar refractivity (Wildman–Crippen MR) is 58.8 cm³/mol. The summed E-state index contributed by atoms with van der Waals surface area (Å²) in [6.45, 7) is 6.80. The molecule has 1 aliphatic rings. The largest absolute Gasteiger partial charge is 0.478 e. The Morgan fingerprint density at radius 1 is 1.42 bits per heavy atom. The van der Waals surface area contributed by atoms with E-state index in [1.807, 2.05) is 0 Å². The first-order chi connectivity index (χ1) is 8.82. The Morgan fingerprint density at radius 3 is 2.63 bits per heavy atom. The SMILES string of the molecule is [C-]#[N+]c1ccc2c(c1)C=C(C(=O)O)C(C(F)(F)F)O2. The molecule has 4 nitrogen and oxygen atoms in total. The fourth-order valence-electron chi connectivity index (χ4n) is 1.68. The number of hydrogen-bond acceptors (Lipinski definition) is 2. The summed E-state index contributed by atoms with van der Waals surface area (Å²) in [5.74, 6) is -1.80. The standard InChI is InChI=1S/C12H6F3NO3/c1-16-7-2-3-9-6(4-7)5-8(11(17)18)10(19-9)12(13,14)15/h2-5,10H,(H,17,18). The molecule has 0 bridgehead atoms. The lowest BCUT2D eigenvalue weighted by Gasteiger charge is -2.27. The molecular formula is C12H6F3NO3.